The summed E-state index contributed by atoms with van der Waals surface area (Å²) in [7, 11) is 0. The van der Waals surface area contributed by atoms with Gasteiger partial charge in [-0.15, -0.1) is 0 Å². The van der Waals surface area contributed by atoms with E-state index in [-0.39, 0.29) is 17.5 Å². The fraction of sp³-hybridized carbons (Fsp3) is 0.158. The zero-order valence-electron chi connectivity index (χ0n) is 14.3. The SMILES string of the molecule is CC(C)n1cc(C(=O)/C=C/c2ccc(-c3ccccc3[N+](=O)[O-])o2)cn1. The Morgan fingerprint density at radius 2 is 2.04 bits per heavy atom. The fourth-order valence-electron chi connectivity index (χ4n) is 2.43. The van der Waals surface area contributed by atoms with E-state index in [4.69, 9.17) is 4.42 Å². The highest BCUT2D eigenvalue weighted by Crippen LogP contribution is 2.31. The summed E-state index contributed by atoms with van der Waals surface area (Å²) in [5, 5.41) is 15.3. The predicted octanol–water partition coefficient (Wildman–Crippen LogP) is 4.53. The summed E-state index contributed by atoms with van der Waals surface area (Å²) in [6, 6.07) is 9.82. The van der Waals surface area contributed by atoms with Crippen LogP contribution in [0.2, 0.25) is 0 Å². The molecule has 7 heteroatoms. The molecular weight excluding hydrogens is 334 g/mol. The molecule has 132 valence electrons. The van der Waals surface area contributed by atoms with E-state index >= 15 is 0 Å². The molecule has 1 aromatic carbocycles. The molecule has 0 N–H and O–H groups in total. The standard InChI is InChI=1S/C19H17N3O4/c1-13(2)21-12-14(11-20-21)18(23)9-7-15-8-10-19(26-15)16-5-3-4-6-17(16)22(24)25/h3-13H,1-2H3/b9-7+. The van der Waals surface area contributed by atoms with E-state index in [2.05, 4.69) is 5.10 Å². The van der Waals surface area contributed by atoms with E-state index < -0.39 is 4.92 Å². The van der Waals surface area contributed by atoms with Crippen molar-refractivity contribution in [2.24, 2.45) is 0 Å². The number of rotatable bonds is 6. The molecule has 0 bridgehead atoms. The number of hydrogen-bond donors (Lipinski definition) is 0. The first-order chi connectivity index (χ1) is 12.5. The van der Waals surface area contributed by atoms with Crippen molar-refractivity contribution in [3.8, 4) is 11.3 Å². The van der Waals surface area contributed by atoms with E-state index in [9.17, 15) is 14.9 Å². The van der Waals surface area contributed by atoms with Gasteiger partial charge in [-0.3, -0.25) is 19.6 Å². The molecule has 0 radical (unpaired) electrons. The molecule has 0 atom stereocenters. The summed E-state index contributed by atoms with van der Waals surface area (Å²) >= 11 is 0. The number of carbonyl (C=O) groups excluding carboxylic acids is 1. The first-order valence-corrected chi connectivity index (χ1v) is 8.06. The lowest BCUT2D eigenvalue weighted by molar-refractivity contribution is -0.384. The number of allylic oxidation sites excluding steroid dienone is 1. The lowest BCUT2D eigenvalue weighted by Gasteiger charge is -2.02. The van der Waals surface area contributed by atoms with Gasteiger partial charge in [-0.2, -0.15) is 5.10 Å². The Balaban J connectivity index is 1.79. The number of carbonyl (C=O) groups is 1. The van der Waals surface area contributed by atoms with Crippen LogP contribution in [0.15, 0.2) is 59.3 Å². The van der Waals surface area contributed by atoms with Crippen molar-refractivity contribution in [2.75, 3.05) is 0 Å². The average Bonchev–Trinajstić information content (AvgIpc) is 3.29. The van der Waals surface area contributed by atoms with Crippen molar-refractivity contribution in [3.63, 3.8) is 0 Å². The largest absolute Gasteiger partial charge is 0.456 e. The minimum atomic E-state index is -0.455. The number of para-hydroxylation sites is 1. The molecule has 0 unspecified atom stereocenters. The predicted molar refractivity (Wildman–Crippen MR) is 96.8 cm³/mol. The van der Waals surface area contributed by atoms with E-state index in [0.29, 0.717) is 22.6 Å². The maximum absolute atomic E-state index is 12.2. The molecule has 0 spiro atoms. The average molecular weight is 351 g/mol. The van der Waals surface area contributed by atoms with Crippen LogP contribution in [-0.4, -0.2) is 20.5 Å². The van der Waals surface area contributed by atoms with Crippen molar-refractivity contribution in [3.05, 3.63) is 76.3 Å². The Morgan fingerprint density at radius 1 is 1.27 bits per heavy atom. The van der Waals surface area contributed by atoms with Crippen LogP contribution in [-0.2, 0) is 0 Å². The Morgan fingerprint density at radius 3 is 2.73 bits per heavy atom. The van der Waals surface area contributed by atoms with Crippen LogP contribution in [0.25, 0.3) is 17.4 Å². The Kier molecular flexibility index (Phi) is 4.79. The monoisotopic (exact) mass is 351 g/mol. The van der Waals surface area contributed by atoms with Gasteiger partial charge in [-0.1, -0.05) is 12.1 Å². The van der Waals surface area contributed by atoms with Gasteiger partial charge < -0.3 is 4.42 Å². The molecule has 0 aliphatic heterocycles. The van der Waals surface area contributed by atoms with Crippen LogP contribution in [0, 0.1) is 10.1 Å². The molecule has 0 saturated heterocycles. The number of nitro benzene ring substituents is 1. The molecule has 2 aromatic heterocycles. The quantitative estimate of drug-likeness (QED) is 0.282. The van der Waals surface area contributed by atoms with Gasteiger partial charge in [0.2, 0.25) is 0 Å². The van der Waals surface area contributed by atoms with Crippen molar-refractivity contribution in [1.29, 1.82) is 0 Å². The highest BCUT2D eigenvalue weighted by molar-refractivity contribution is 6.06. The molecule has 0 amide bonds. The van der Waals surface area contributed by atoms with Crippen LogP contribution >= 0.6 is 0 Å². The van der Waals surface area contributed by atoms with Crippen molar-refractivity contribution in [1.82, 2.24) is 9.78 Å². The van der Waals surface area contributed by atoms with Crippen molar-refractivity contribution < 1.29 is 14.1 Å². The summed E-state index contributed by atoms with van der Waals surface area (Å²) in [6.45, 7) is 3.95. The third kappa shape index (κ3) is 3.61. The summed E-state index contributed by atoms with van der Waals surface area (Å²) in [5.41, 5.74) is 0.844. The second-order valence-electron chi connectivity index (χ2n) is 5.98. The van der Waals surface area contributed by atoms with Gasteiger partial charge in [-0.05, 0) is 44.2 Å². The molecule has 7 nitrogen and oxygen atoms in total. The van der Waals surface area contributed by atoms with Crippen LogP contribution in [0.1, 0.15) is 36.0 Å². The first kappa shape index (κ1) is 17.3. The molecular formula is C19H17N3O4. The summed E-state index contributed by atoms with van der Waals surface area (Å²) in [5.74, 6) is 0.611. The van der Waals surface area contributed by atoms with Gasteiger partial charge >= 0.3 is 0 Å². The number of ketones is 1. The zero-order chi connectivity index (χ0) is 18.7. The Bertz CT molecular complexity index is 982. The lowest BCUT2D eigenvalue weighted by Crippen LogP contribution is -2.00. The van der Waals surface area contributed by atoms with Gasteiger partial charge in [0.25, 0.3) is 5.69 Å². The van der Waals surface area contributed by atoms with Gasteiger partial charge in [-0.25, -0.2) is 0 Å². The third-order valence-corrected chi connectivity index (χ3v) is 3.81. The first-order valence-electron chi connectivity index (χ1n) is 8.06. The lowest BCUT2D eigenvalue weighted by atomic mass is 10.1. The zero-order valence-corrected chi connectivity index (χ0v) is 14.3. The smallest absolute Gasteiger partial charge is 0.280 e. The van der Waals surface area contributed by atoms with E-state index in [0.717, 1.165) is 0 Å². The van der Waals surface area contributed by atoms with Gasteiger partial charge in [0, 0.05) is 18.3 Å². The van der Waals surface area contributed by atoms with E-state index in [1.54, 1.807) is 41.2 Å². The fourth-order valence-corrected chi connectivity index (χ4v) is 2.43. The Hall–Kier alpha value is -3.48. The molecule has 3 aromatic rings. The minimum Gasteiger partial charge on any atom is -0.456 e. The maximum atomic E-state index is 12.2. The summed E-state index contributed by atoms with van der Waals surface area (Å²) in [4.78, 5) is 22.9. The number of benzene rings is 1. The van der Waals surface area contributed by atoms with Crippen LogP contribution < -0.4 is 0 Å². The topological polar surface area (TPSA) is 91.2 Å². The summed E-state index contributed by atoms with van der Waals surface area (Å²) < 4.78 is 7.33. The van der Waals surface area contributed by atoms with Gasteiger partial charge in [0.1, 0.15) is 11.5 Å². The number of aromatic nitrogens is 2. The van der Waals surface area contributed by atoms with Crippen molar-refractivity contribution in [2.45, 2.75) is 19.9 Å². The molecule has 0 fully saturated rings. The van der Waals surface area contributed by atoms with E-state index in [1.807, 2.05) is 13.8 Å². The van der Waals surface area contributed by atoms with Gasteiger partial charge in [0.15, 0.2) is 5.78 Å². The number of nitro groups is 1. The molecule has 0 aliphatic carbocycles. The highest BCUT2D eigenvalue weighted by atomic mass is 16.6. The van der Waals surface area contributed by atoms with E-state index in [1.165, 1.54) is 24.4 Å². The minimum absolute atomic E-state index is 0.0328. The second kappa shape index (κ2) is 7.18. The number of hydrogen-bond acceptors (Lipinski definition) is 5. The molecule has 2 heterocycles. The molecule has 0 aliphatic rings. The molecule has 3 rings (SSSR count). The van der Waals surface area contributed by atoms with Crippen molar-refractivity contribution >= 4 is 17.5 Å². The highest BCUT2D eigenvalue weighted by Gasteiger charge is 2.16. The normalized spacial score (nSPS) is 11.3. The van der Waals surface area contributed by atoms with Crippen LogP contribution in [0.5, 0.6) is 0 Å². The number of nitrogens with zero attached hydrogens (tertiary/aromatic N) is 3. The maximum Gasteiger partial charge on any atom is 0.280 e. The van der Waals surface area contributed by atoms with Crippen LogP contribution in [0.3, 0.4) is 0 Å². The second-order valence-corrected chi connectivity index (χ2v) is 5.98. The Labute approximate surface area is 149 Å². The number of furan rings is 1. The molecule has 26 heavy (non-hydrogen) atoms. The van der Waals surface area contributed by atoms with Crippen LogP contribution in [0.4, 0.5) is 5.69 Å². The molecule has 0 saturated carbocycles. The third-order valence-electron chi connectivity index (χ3n) is 3.81. The van der Waals surface area contributed by atoms with Gasteiger partial charge in [0.05, 0.1) is 22.2 Å². The summed E-state index contributed by atoms with van der Waals surface area (Å²) in [6.07, 6.45) is 6.14.